The Balaban J connectivity index is 1.65. The van der Waals surface area contributed by atoms with E-state index in [4.69, 9.17) is 4.84 Å². The van der Waals surface area contributed by atoms with Crippen LogP contribution in [0.15, 0.2) is 31.0 Å². The molecule has 0 atom stereocenters. The van der Waals surface area contributed by atoms with Crippen molar-refractivity contribution >= 4 is 28.2 Å². The summed E-state index contributed by atoms with van der Waals surface area (Å²) in [5.41, 5.74) is 6.42. The van der Waals surface area contributed by atoms with Gasteiger partial charge >= 0.3 is 0 Å². The first-order valence-electron chi connectivity index (χ1n) is 8.69. The van der Waals surface area contributed by atoms with Crippen LogP contribution < -0.4 is 10.8 Å². The molecule has 0 saturated heterocycles. The number of anilines is 2. The largest absolute Gasteiger partial charge is 0.338 e. The van der Waals surface area contributed by atoms with Gasteiger partial charge in [0.05, 0.1) is 29.2 Å². The van der Waals surface area contributed by atoms with E-state index >= 15 is 0 Å². The lowest BCUT2D eigenvalue weighted by molar-refractivity contribution is -0.0821. The quantitative estimate of drug-likeness (QED) is 0.738. The molecule has 4 heterocycles. The molecule has 0 amide bonds. The SMILES string of the molecule is CCn1ncc2c(Nc3cnncn3)c(C3=CC4(CCC4)ON3)cnc21. The molecule has 1 spiro atoms. The van der Waals surface area contributed by atoms with Crippen molar-refractivity contribution in [2.45, 2.75) is 38.3 Å². The van der Waals surface area contributed by atoms with Crippen LogP contribution in [0.1, 0.15) is 31.7 Å². The third-order valence-electron chi connectivity index (χ3n) is 4.98. The smallest absolute Gasteiger partial charge is 0.159 e. The maximum Gasteiger partial charge on any atom is 0.159 e. The van der Waals surface area contributed by atoms with Crippen LogP contribution in [-0.4, -0.2) is 35.5 Å². The molecular formula is C17H18N8O. The van der Waals surface area contributed by atoms with Crippen molar-refractivity contribution in [3.63, 3.8) is 0 Å². The number of nitrogens with zero attached hydrogens (tertiary/aromatic N) is 6. The van der Waals surface area contributed by atoms with Crippen LogP contribution in [0.4, 0.5) is 11.5 Å². The molecule has 0 bridgehead atoms. The minimum Gasteiger partial charge on any atom is -0.338 e. The van der Waals surface area contributed by atoms with Crippen LogP contribution >= 0.6 is 0 Å². The summed E-state index contributed by atoms with van der Waals surface area (Å²) in [4.78, 5) is 14.7. The highest BCUT2D eigenvalue weighted by Crippen LogP contribution is 2.43. The van der Waals surface area contributed by atoms with E-state index in [1.54, 1.807) is 6.20 Å². The molecule has 2 N–H and O–H groups in total. The van der Waals surface area contributed by atoms with Gasteiger partial charge in [0.1, 0.15) is 11.9 Å². The van der Waals surface area contributed by atoms with Crippen molar-refractivity contribution in [3.05, 3.63) is 36.6 Å². The Morgan fingerprint density at radius 1 is 1.23 bits per heavy atom. The van der Waals surface area contributed by atoms with Crippen LogP contribution in [0.5, 0.6) is 0 Å². The molecule has 0 aromatic carbocycles. The first kappa shape index (κ1) is 15.2. The maximum atomic E-state index is 5.83. The molecule has 2 aliphatic rings. The van der Waals surface area contributed by atoms with E-state index < -0.39 is 0 Å². The van der Waals surface area contributed by atoms with E-state index in [-0.39, 0.29) is 5.60 Å². The summed E-state index contributed by atoms with van der Waals surface area (Å²) in [5.74, 6) is 0.607. The van der Waals surface area contributed by atoms with Crippen molar-refractivity contribution in [2.75, 3.05) is 5.32 Å². The maximum absolute atomic E-state index is 5.83. The van der Waals surface area contributed by atoms with Crippen LogP contribution in [0.25, 0.3) is 16.7 Å². The Bertz CT molecular complexity index is 993. The molecule has 9 heteroatoms. The molecule has 3 aromatic rings. The first-order chi connectivity index (χ1) is 12.8. The van der Waals surface area contributed by atoms with Crippen LogP contribution in [0.3, 0.4) is 0 Å². The van der Waals surface area contributed by atoms with Gasteiger partial charge in [-0.05, 0) is 32.3 Å². The van der Waals surface area contributed by atoms with E-state index in [0.717, 1.165) is 47.4 Å². The second-order valence-electron chi connectivity index (χ2n) is 6.54. The summed E-state index contributed by atoms with van der Waals surface area (Å²) in [6, 6.07) is 0. The average Bonchev–Trinajstić information content (AvgIpc) is 3.27. The first-order valence-corrected chi connectivity index (χ1v) is 8.69. The van der Waals surface area contributed by atoms with Crippen molar-refractivity contribution < 1.29 is 4.84 Å². The van der Waals surface area contributed by atoms with Crippen LogP contribution in [0.2, 0.25) is 0 Å². The lowest BCUT2D eigenvalue weighted by atomic mass is 9.80. The van der Waals surface area contributed by atoms with Gasteiger partial charge in [-0.15, -0.1) is 5.10 Å². The van der Waals surface area contributed by atoms with Gasteiger partial charge in [0.2, 0.25) is 0 Å². The number of aryl methyl sites for hydroxylation is 1. The fourth-order valence-corrected chi connectivity index (χ4v) is 3.41. The minimum atomic E-state index is -0.175. The Labute approximate surface area is 149 Å². The van der Waals surface area contributed by atoms with Gasteiger partial charge in [-0.3, -0.25) is 10.3 Å². The van der Waals surface area contributed by atoms with Crippen molar-refractivity contribution in [3.8, 4) is 0 Å². The van der Waals surface area contributed by atoms with Crippen molar-refractivity contribution in [1.82, 2.24) is 35.4 Å². The highest BCUT2D eigenvalue weighted by Gasteiger charge is 2.41. The number of aromatic nitrogens is 6. The zero-order valence-corrected chi connectivity index (χ0v) is 14.3. The molecular weight excluding hydrogens is 332 g/mol. The summed E-state index contributed by atoms with van der Waals surface area (Å²) in [7, 11) is 0. The normalized spacial score (nSPS) is 17.8. The number of hydrogen-bond donors (Lipinski definition) is 2. The molecule has 1 aliphatic carbocycles. The molecule has 0 unspecified atom stereocenters. The second kappa shape index (κ2) is 5.73. The fourth-order valence-electron chi connectivity index (χ4n) is 3.41. The number of fused-ring (bicyclic) bond motifs is 1. The molecule has 1 fully saturated rings. The third kappa shape index (κ3) is 2.31. The van der Waals surface area contributed by atoms with Crippen LogP contribution in [-0.2, 0) is 11.4 Å². The zero-order valence-electron chi connectivity index (χ0n) is 14.3. The van der Waals surface area contributed by atoms with Gasteiger partial charge in [0.15, 0.2) is 11.5 Å². The summed E-state index contributed by atoms with van der Waals surface area (Å²) in [5, 5.41) is 16.3. The number of pyridine rings is 1. The summed E-state index contributed by atoms with van der Waals surface area (Å²) in [6.07, 6.45) is 12.1. The predicted molar refractivity (Wildman–Crippen MR) is 95.1 cm³/mol. The zero-order chi connectivity index (χ0) is 17.6. The summed E-state index contributed by atoms with van der Waals surface area (Å²) < 4.78 is 1.86. The fraction of sp³-hybridized carbons (Fsp3) is 0.353. The average molecular weight is 350 g/mol. The molecule has 1 aliphatic heterocycles. The van der Waals surface area contributed by atoms with Crippen molar-refractivity contribution in [2.24, 2.45) is 0 Å². The van der Waals surface area contributed by atoms with Gasteiger partial charge in [-0.2, -0.15) is 10.2 Å². The van der Waals surface area contributed by atoms with Gasteiger partial charge in [-0.1, -0.05) is 0 Å². The molecule has 1 saturated carbocycles. The minimum absolute atomic E-state index is 0.175. The Hall–Kier alpha value is -3.07. The molecule has 9 nitrogen and oxygen atoms in total. The number of hydrogen-bond acceptors (Lipinski definition) is 8. The monoisotopic (exact) mass is 350 g/mol. The lowest BCUT2D eigenvalue weighted by Crippen LogP contribution is -2.36. The molecule has 3 aromatic heterocycles. The van der Waals surface area contributed by atoms with E-state index in [9.17, 15) is 0 Å². The third-order valence-corrected chi connectivity index (χ3v) is 4.98. The molecule has 132 valence electrons. The molecule has 0 radical (unpaired) electrons. The van der Waals surface area contributed by atoms with Gasteiger partial charge in [-0.25, -0.2) is 14.6 Å². The number of rotatable bonds is 4. The van der Waals surface area contributed by atoms with E-state index in [1.165, 1.54) is 12.7 Å². The standard InChI is InChI=1S/C17H18N8O/c1-2-25-16-12(8-22-25)15(23-14-9-20-21-10-19-14)11(7-18-16)13-6-17(26-24-13)4-3-5-17/h6-10,24H,2-5H2,1H3,(H,18,19,21,23). The topological polar surface area (TPSA) is 103 Å². The Morgan fingerprint density at radius 2 is 2.15 bits per heavy atom. The molecule has 5 rings (SSSR count). The summed E-state index contributed by atoms with van der Waals surface area (Å²) in [6.45, 7) is 2.79. The Morgan fingerprint density at radius 3 is 2.85 bits per heavy atom. The van der Waals surface area contributed by atoms with Gasteiger partial charge in [0.25, 0.3) is 0 Å². The van der Waals surface area contributed by atoms with Gasteiger partial charge < -0.3 is 5.32 Å². The van der Waals surface area contributed by atoms with E-state index in [1.807, 2.05) is 24.0 Å². The predicted octanol–water partition coefficient (Wildman–Crippen LogP) is 2.18. The van der Waals surface area contributed by atoms with Crippen LogP contribution in [0, 0.1) is 0 Å². The van der Waals surface area contributed by atoms with Gasteiger partial charge in [0, 0.05) is 18.3 Å². The number of nitrogens with one attached hydrogen (secondary N) is 2. The highest BCUT2D eigenvalue weighted by atomic mass is 16.7. The lowest BCUT2D eigenvalue weighted by Gasteiger charge is -2.33. The Kier molecular flexibility index (Phi) is 3.35. The van der Waals surface area contributed by atoms with E-state index in [0.29, 0.717) is 5.82 Å². The number of hydroxylamine groups is 1. The molecule has 26 heavy (non-hydrogen) atoms. The summed E-state index contributed by atoms with van der Waals surface area (Å²) >= 11 is 0. The van der Waals surface area contributed by atoms with Crippen molar-refractivity contribution in [1.29, 1.82) is 0 Å². The van der Waals surface area contributed by atoms with E-state index in [2.05, 4.69) is 42.1 Å². The highest BCUT2D eigenvalue weighted by molar-refractivity contribution is 5.97. The second-order valence-corrected chi connectivity index (χ2v) is 6.54.